The fourth-order valence-electron chi connectivity index (χ4n) is 0.819. The predicted molar refractivity (Wildman–Crippen MR) is 48.0 cm³/mol. The van der Waals surface area contributed by atoms with Crippen molar-refractivity contribution in [3.05, 3.63) is 6.92 Å². The molecule has 0 aromatic heterocycles. The lowest BCUT2D eigenvalue weighted by Crippen LogP contribution is -2.25. The van der Waals surface area contributed by atoms with Crippen LogP contribution in [0.2, 0.25) is 0 Å². The van der Waals surface area contributed by atoms with Crippen LogP contribution in [0.25, 0.3) is 0 Å². The highest BCUT2D eigenvalue weighted by Crippen LogP contribution is 2.38. The Labute approximate surface area is 60.9 Å². The summed E-state index contributed by atoms with van der Waals surface area (Å²) in [5.74, 6) is 0. The molecule has 1 nitrogen and oxygen atoms in total. The third kappa shape index (κ3) is 3.01. The standard InChI is InChI=1S/C7H18NS/c1-6-8(7-2)9(3,4)5/h1,6-7H2,2-5H3/q+1. The van der Waals surface area contributed by atoms with Gasteiger partial charge in [-0.05, 0) is 18.8 Å². The first kappa shape index (κ1) is 9.18. The van der Waals surface area contributed by atoms with Crippen LogP contribution in [0, 0.1) is 6.92 Å². The van der Waals surface area contributed by atoms with Gasteiger partial charge in [-0.1, -0.05) is 6.92 Å². The van der Waals surface area contributed by atoms with Gasteiger partial charge in [0.1, 0.15) is 6.54 Å². The number of rotatable bonds is 3. The van der Waals surface area contributed by atoms with Crippen molar-refractivity contribution in [1.82, 2.24) is 4.31 Å². The van der Waals surface area contributed by atoms with E-state index in [1.54, 1.807) is 0 Å². The second-order valence-electron chi connectivity index (χ2n) is 2.79. The van der Waals surface area contributed by atoms with Crippen LogP contribution in [0.4, 0.5) is 0 Å². The predicted octanol–water partition coefficient (Wildman–Crippen LogP) is 1.75. The molecule has 0 radical (unpaired) electrons. The van der Waals surface area contributed by atoms with Crippen LogP contribution < -0.4 is 0 Å². The summed E-state index contributed by atoms with van der Waals surface area (Å²) in [6.07, 6.45) is 6.88. The van der Waals surface area contributed by atoms with Gasteiger partial charge >= 0.3 is 0 Å². The molecule has 0 rings (SSSR count). The molecular formula is C7H18NS+. The van der Waals surface area contributed by atoms with E-state index in [1.165, 1.54) is 0 Å². The van der Waals surface area contributed by atoms with E-state index in [4.69, 9.17) is 0 Å². The highest BCUT2D eigenvalue weighted by Gasteiger charge is 2.13. The molecule has 0 aromatic carbocycles. The molecule has 0 heterocycles. The Morgan fingerprint density at radius 3 is 1.78 bits per heavy atom. The van der Waals surface area contributed by atoms with Gasteiger partial charge in [0.05, 0.1) is 6.92 Å². The summed E-state index contributed by atoms with van der Waals surface area (Å²) in [7, 11) is -0.494. The van der Waals surface area contributed by atoms with Gasteiger partial charge in [-0.25, -0.2) is 4.31 Å². The molecule has 0 aliphatic heterocycles. The maximum Gasteiger partial charge on any atom is 0.146 e. The molecule has 56 valence electrons. The molecule has 0 unspecified atom stereocenters. The van der Waals surface area contributed by atoms with E-state index in [0.29, 0.717) is 0 Å². The lowest BCUT2D eigenvalue weighted by molar-refractivity contribution is 0.538. The van der Waals surface area contributed by atoms with Gasteiger partial charge in [-0.2, -0.15) is 10.2 Å². The van der Waals surface area contributed by atoms with E-state index >= 15 is 0 Å². The van der Waals surface area contributed by atoms with Gasteiger partial charge in [-0.3, -0.25) is 0 Å². The molecule has 0 saturated carbocycles. The quantitative estimate of drug-likeness (QED) is 0.551. The van der Waals surface area contributed by atoms with Crippen molar-refractivity contribution in [2.45, 2.75) is 6.92 Å². The van der Waals surface area contributed by atoms with Gasteiger partial charge < -0.3 is 0 Å². The monoisotopic (exact) mass is 148 g/mol. The minimum atomic E-state index is -0.494. The van der Waals surface area contributed by atoms with Crippen LogP contribution in [0.5, 0.6) is 0 Å². The Balaban J connectivity index is 3.79. The molecule has 0 bridgehead atoms. The van der Waals surface area contributed by atoms with Crippen LogP contribution in [0.1, 0.15) is 6.92 Å². The van der Waals surface area contributed by atoms with Crippen molar-refractivity contribution in [3.8, 4) is 0 Å². The molecule has 0 aromatic rings. The van der Waals surface area contributed by atoms with Gasteiger partial charge in [0.2, 0.25) is 0 Å². The summed E-state index contributed by atoms with van der Waals surface area (Å²) in [6.45, 7) is 8.12. The van der Waals surface area contributed by atoms with Gasteiger partial charge in [0, 0.05) is 6.54 Å². The molecule has 0 aliphatic carbocycles. The Morgan fingerprint density at radius 2 is 1.78 bits per heavy atom. The van der Waals surface area contributed by atoms with E-state index in [0.717, 1.165) is 13.1 Å². The second kappa shape index (κ2) is 3.37. The molecule has 0 N–H and O–H groups in total. The zero-order chi connectivity index (χ0) is 7.49. The van der Waals surface area contributed by atoms with Crippen LogP contribution in [0.3, 0.4) is 0 Å². The smallest absolute Gasteiger partial charge is 0.146 e. The average Bonchev–Trinajstić information content (AvgIpc) is 1.65. The first-order chi connectivity index (χ1) is 4.02. The molecule has 0 aliphatic rings. The SMILES string of the molecule is [CH2+]CN(CC)S(C)(C)C. The highest BCUT2D eigenvalue weighted by molar-refractivity contribution is 8.30. The lowest BCUT2D eigenvalue weighted by atomic mass is 10.7. The van der Waals surface area contributed by atoms with Crippen molar-refractivity contribution in [1.29, 1.82) is 0 Å². The normalized spacial score (nSPS) is 14.3. The van der Waals surface area contributed by atoms with E-state index < -0.39 is 10.2 Å². The van der Waals surface area contributed by atoms with Crippen LogP contribution >= 0.6 is 10.2 Å². The topological polar surface area (TPSA) is 3.24 Å². The van der Waals surface area contributed by atoms with Crippen molar-refractivity contribution < 1.29 is 0 Å². The molecule has 0 atom stereocenters. The zero-order valence-corrected chi connectivity index (χ0v) is 7.79. The first-order valence-electron chi connectivity index (χ1n) is 3.25. The second-order valence-corrected chi connectivity index (χ2v) is 6.86. The lowest BCUT2D eigenvalue weighted by Gasteiger charge is -2.36. The summed E-state index contributed by atoms with van der Waals surface area (Å²) < 4.78 is 2.41. The third-order valence-corrected chi connectivity index (χ3v) is 3.37. The fraction of sp³-hybridized carbons (Fsp3) is 0.857. The molecule has 0 saturated heterocycles. The van der Waals surface area contributed by atoms with Crippen molar-refractivity contribution in [2.75, 3.05) is 31.9 Å². The number of hydrogen-bond donors (Lipinski definition) is 0. The maximum atomic E-state index is 3.87. The fourth-order valence-corrected chi connectivity index (χ4v) is 2.14. The van der Waals surface area contributed by atoms with Crippen LogP contribution in [0.15, 0.2) is 0 Å². The van der Waals surface area contributed by atoms with Gasteiger partial charge in [0.25, 0.3) is 0 Å². The maximum absolute atomic E-state index is 3.87. The van der Waals surface area contributed by atoms with E-state index in [2.05, 4.69) is 36.9 Å². The zero-order valence-electron chi connectivity index (χ0n) is 6.98. The summed E-state index contributed by atoms with van der Waals surface area (Å²) in [5.41, 5.74) is 0. The van der Waals surface area contributed by atoms with Crippen molar-refractivity contribution in [2.24, 2.45) is 0 Å². The van der Waals surface area contributed by atoms with E-state index in [9.17, 15) is 0 Å². The van der Waals surface area contributed by atoms with Crippen molar-refractivity contribution in [3.63, 3.8) is 0 Å². The molecule has 0 spiro atoms. The minimum Gasteiger partial charge on any atom is -0.229 e. The molecule has 0 fully saturated rings. The average molecular weight is 148 g/mol. The summed E-state index contributed by atoms with van der Waals surface area (Å²) in [4.78, 5) is 0. The van der Waals surface area contributed by atoms with E-state index in [-0.39, 0.29) is 0 Å². The minimum absolute atomic E-state index is 0.494. The van der Waals surface area contributed by atoms with Crippen molar-refractivity contribution >= 4 is 10.2 Å². The Hall–Kier alpha value is 0.180. The largest absolute Gasteiger partial charge is 0.229 e. The summed E-state index contributed by atoms with van der Waals surface area (Å²) >= 11 is 0. The summed E-state index contributed by atoms with van der Waals surface area (Å²) in [6, 6.07) is 0. The number of nitrogens with zero attached hydrogens (tertiary/aromatic N) is 1. The molecule has 2 heteroatoms. The highest BCUT2D eigenvalue weighted by atomic mass is 32.3. The Morgan fingerprint density at radius 1 is 1.33 bits per heavy atom. The van der Waals surface area contributed by atoms with Crippen LogP contribution in [-0.4, -0.2) is 36.2 Å². The van der Waals surface area contributed by atoms with Gasteiger partial charge in [0.15, 0.2) is 0 Å². The van der Waals surface area contributed by atoms with Gasteiger partial charge in [-0.15, -0.1) is 0 Å². The van der Waals surface area contributed by atoms with Crippen LogP contribution in [-0.2, 0) is 0 Å². The third-order valence-electron chi connectivity index (χ3n) is 1.38. The first-order valence-corrected chi connectivity index (χ1v) is 6.06. The molecule has 9 heavy (non-hydrogen) atoms. The molecular weight excluding hydrogens is 130 g/mol. The summed E-state index contributed by atoms with van der Waals surface area (Å²) in [5, 5.41) is 0. The molecule has 0 amide bonds. The Bertz CT molecular complexity index is 71.5. The Kier molecular flexibility index (Phi) is 3.44. The number of hydrogen-bond acceptors (Lipinski definition) is 1. The van der Waals surface area contributed by atoms with E-state index in [1.807, 2.05) is 0 Å².